The third-order valence-electron chi connectivity index (χ3n) is 4.08. The van der Waals surface area contributed by atoms with Gasteiger partial charge in [0.1, 0.15) is 6.33 Å². The Kier molecular flexibility index (Phi) is 6.36. The van der Waals surface area contributed by atoms with E-state index in [9.17, 15) is 14.9 Å². The molecule has 3 aromatic rings. The fourth-order valence-corrected chi connectivity index (χ4v) is 2.59. The molecule has 0 atom stereocenters. The van der Waals surface area contributed by atoms with Gasteiger partial charge in [0.15, 0.2) is 5.76 Å². The highest BCUT2D eigenvalue weighted by Gasteiger charge is 2.24. The molecular formula is C19H20N6O4. The molecule has 2 heterocycles. The van der Waals surface area contributed by atoms with E-state index >= 15 is 0 Å². The molecule has 0 bridgehead atoms. The van der Waals surface area contributed by atoms with Crippen molar-refractivity contribution >= 4 is 28.9 Å². The minimum atomic E-state index is -0.626. The van der Waals surface area contributed by atoms with Crippen molar-refractivity contribution in [2.45, 2.75) is 26.2 Å². The second-order valence-corrected chi connectivity index (χ2v) is 6.16. The molecule has 0 radical (unpaired) electrons. The van der Waals surface area contributed by atoms with E-state index in [1.165, 1.54) is 17.9 Å². The molecule has 2 aromatic heterocycles. The van der Waals surface area contributed by atoms with Crippen molar-refractivity contribution in [1.82, 2.24) is 15.4 Å². The maximum absolute atomic E-state index is 11.9. The number of nitro groups is 1. The number of unbranched alkanes of at least 4 members (excludes halogenated alkanes) is 1. The average Bonchev–Trinajstić information content (AvgIpc) is 3.26. The van der Waals surface area contributed by atoms with Crippen LogP contribution in [0.4, 0.5) is 23.0 Å². The van der Waals surface area contributed by atoms with E-state index in [2.05, 4.69) is 33.1 Å². The Balaban J connectivity index is 1.76. The molecule has 29 heavy (non-hydrogen) atoms. The van der Waals surface area contributed by atoms with Crippen molar-refractivity contribution in [3.63, 3.8) is 0 Å². The molecule has 10 heteroatoms. The lowest BCUT2D eigenvalue weighted by atomic mass is 10.1. The van der Waals surface area contributed by atoms with Crippen LogP contribution in [0.2, 0.25) is 0 Å². The molecule has 0 aliphatic heterocycles. The number of hydrogen-bond donors (Lipinski definition) is 3. The molecule has 0 saturated heterocycles. The summed E-state index contributed by atoms with van der Waals surface area (Å²) in [5.41, 5.74) is 6.20. The van der Waals surface area contributed by atoms with Gasteiger partial charge in [-0.3, -0.25) is 25.8 Å². The number of carbonyl (C=O) groups is 1. The maximum Gasteiger partial charge on any atom is 0.355 e. The van der Waals surface area contributed by atoms with Crippen LogP contribution in [0.25, 0.3) is 0 Å². The van der Waals surface area contributed by atoms with Gasteiger partial charge in [0, 0.05) is 5.69 Å². The number of nitrogens with zero attached hydrogens (tertiary/aromatic N) is 3. The van der Waals surface area contributed by atoms with Gasteiger partial charge in [-0.25, -0.2) is 9.97 Å². The molecule has 0 aliphatic rings. The predicted octanol–water partition coefficient (Wildman–Crippen LogP) is 3.82. The lowest BCUT2D eigenvalue weighted by Crippen LogP contribution is -2.30. The summed E-state index contributed by atoms with van der Waals surface area (Å²) in [5.74, 6) is -0.705. The first kappa shape index (κ1) is 19.8. The number of anilines is 3. The second-order valence-electron chi connectivity index (χ2n) is 6.16. The van der Waals surface area contributed by atoms with Gasteiger partial charge in [-0.15, -0.1) is 0 Å². The van der Waals surface area contributed by atoms with Crippen molar-refractivity contribution in [2.24, 2.45) is 0 Å². The Labute approximate surface area is 166 Å². The predicted molar refractivity (Wildman–Crippen MR) is 107 cm³/mol. The first-order valence-electron chi connectivity index (χ1n) is 9.03. The second kappa shape index (κ2) is 9.31. The van der Waals surface area contributed by atoms with Gasteiger partial charge < -0.3 is 9.73 Å². The molecule has 3 N–H and O–H groups in total. The van der Waals surface area contributed by atoms with Crippen molar-refractivity contribution in [2.75, 3.05) is 10.7 Å². The molecule has 10 nitrogen and oxygen atoms in total. The summed E-state index contributed by atoms with van der Waals surface area (Å²) in [6.07, 6.45) is 5.69. The minimum Gasteiger partial charge on any atom is -0.459 e. The van der Waals surface area contributed by atoms with E-state index in [1.54, 1.807) is 6.07 Å². The average molecular weight is 396 g/mol. The number of nitrogens with one attached hydrogen (secondary N) is 3. The lowest BCUT2D eigenvalue weighted by molar-refractivity contribution is -0.383. The number of amides is 1. The van der Waals surface area contributed by atoms with Gasteiger partial charge in [-0.2, -0.15) is 0 Å². The van der Waals surface area contributed by atoms with Gasteiger partial charge >= 0.3 is 11.6 Å². The van der Waals surface area contributed by atoms with E-state index in [0.717, 1.165) is 25.6 Å². The summed E-state index contributed by atoms with van der Waals surface area (Å²) < 4.78 is 4.97. The summed E-state index contributed by atoms with van der Waals surface area (Å²) >= 11 is 0. The number of carbonyl (C=O) groups excluding carboxylic acids is 1. The number of hydrogen-bond acceptors (Lipinski definition) is 8. The summed E-state index contributed by atoms with van der Waals surface area (Å²) in [7, 11) is 0. The summed E-state index contributed by atoms with van der Waals surface area (Å²) in [6.45, 7) is 2.13. The topological polar surface area (TPSA) is 135 Å². The van der Waals surface area contributed by atoms with Crippen LogP contribution < -0.4 is 16.2 Å². The molecule has 1 amide bonds. The Morgan fingerprint density at radius 1 is 1.17 bits per heavy atom. The van der Waals surface area contributed by atoms with Gasteiger partial charge in [0.05, 0.1) is 11.2 Å². The maximum atomic E-state index is 11.9. The van der Waals surface area contributed by atoms with E-state index in [1.807, 2.05) is 24.3 Å². The summed E-state index contributed by atoms with van der Waals surface area (Å²) in [6, 6.07) is 10.6. The summed E-state index contributed by atoms with van der Waals surface area (Å²) in [5, 5.41) is 14.5. The van der Waals surface area contributed by atoms with Crippen LogP contribution in [-0.2, 0) is 6.42 Å². The monoisotopic (exact) mass is 396 g/mol. The van der Waals surface area contributed by atoms with Crippen LogP contribution in [-0.4, -0.2) is 20.8 Å². The van der Waals surface area contributed by atoms with E-state index in [0.29, 0.717) is 5.69 Å². The molecule has 3 rings (SSSR count). The van der Waals surface area contributed by atoms with Gasteiger partial charge in [-0.05, 0) is 42.7 Å². The van der Waals surface area contributed by atoms with E-state index < -0.39 is 16.5 Å². The fourth-order valence-electron chi connectivity index (χ4n) is 2.59. The number of aromatic nitrogens is 2. The third-order valence-corrected chi connectivity index (χ3v) is 4.08. The molecule has 0 spiro atoms. The minimum absolute atomic E-state index is 0.000978. The molecule has 0 fully saturated rings. The normalized spacial score (nSPS) is 10.4. The fraction of sp³-hybridized carbons (Fsp3) is 0.211. The smallest absolute Gasteiger partial charge is 0.355 e. The zero-order valence-electron chi connectivity index (χ0n) is 15.7. The number of aryl methyl sites for hydroxylation is 1. The van der Waals surface area contributed by atoms with Crippen LogP contribution in [0.15, 0.2) is 53.4 Å². The zero-order chi connectivity index (χ0) is 20.6. The quantitative estimate of drug-likeness (QED) is 0.367. The molecule has 1 aromatic carbocycles. The zero-order valence-corrected chi connectivity index (χ0v) is 15.7. The van der Waals surface area contributed by atoms with Crippen molar-refractivity contribution in [3.8, 4) is 0 Å². The third kappa shape index (κ3) is 5.06. The number of furan rings is 1. The van der Waals surface area contributed by atoms with Crippen LogP contribution in [0.5, 0.6) is 0 Å². The van der Waals surface area contributed by atoms with Crippen LogP contribution in [0.1, 0.15) is 35.9 Å². The molecular weight excluding hydrogens is 376 g/mol. The van der Waals surface area contributed by atoms with Crippen molar-refractivity contribution in [1.29, 1.82) is 0 Å². The van der Waals surface area contributed by atoms with Crippen LogP contribution in [0, 0.1) is 10.1 Å². The Bertz CT molecular complexity index is 973. The number of rotatable bonds is 9. The highest BCUT2D eigenvalue weighted by Crippen LogP contribution is 2.30. The van der Waals surface area contributed by atoms with Crippen molar-refractivity contribution in [3.05, 3.63) is 70.4 Å². The molecule has 150 valence electrons. The van der Waals surface area contributed by atoms with Crippen LogP contribution in [0.3, 0.4) is 0 Å². The van der Waals surface area contributed by atoms with E-state index in [4.69, 9.17) is 4.42 Å². The Morgan fingerprint density at radius 3 is 2.59 bits per heavy atom. The van der Waals surface area contributed by atoms with E-state index in [-0.39, 0.29) is 17.4 Å². The number of benzene rings is 1. The lowest BCUT2D eigenvalue weighted by Gasteiger charge is -2.11. The highest BCUT2D eigenvalue weighted by molar-refractivity contribution is 5.92. The van der Waals surface area contributed by atoms with Gasteiger partial charge in [-0.1, -0.05) is 25.5 Å². The van der Waals surface area contributed by atoms with Crippen molar-refractivity contribution < 1.29 is 14.1 Å². The largest absolute Gasteiger partial charge is 0.459 e. The molecule has 0 aliphatic carbocycles. The highest BCUT2D eigenvalue weighted by atomic mass is 16.6. The molecule has 0 unspecified atom stereocenters. The first-order valence-corrected chi connectivity index (χ1v) is 9.03. The number of hydrazine groups is 1. The molecule has 0 saturated carbocycles. The SMILES string of the molecule is CCCCc1ccc(Nc2ncnc(NNC(=O)c3ccco3)c2[N+](=O)[O-])cc1. The Hall–Kier alpha value is -3.95. The first-order chi connectivity index (χ1) is 14.1. The van der Waals surface area contributed by atoms with Gasteiger partial charge in [0.2, 0.25) is 11.6 Å². The Morgan fingerprint density at radius 2 is 1.93 bits per heavy atom. The summed E-state index contributed by atoms with van der Waals surface area (Å²) in [4.78, 5) is 30.7. The van der Waals surface area contributed by atoms with Crippen LogP contribution >= 0.6 is 0 Å². The standard InChI is InChI=1S/C19H20N6O4/c1-2-3-5-13-7-9-14(10-8-13)22-17-16(25(27)28)18(21-12-20-17)23-24-19(26)15-6-4-11-29-15/h4,6-12H,2-3,5H2,1H3,(H,24,26)(H2,20,21,22,23). The van der Waals surface area contributed by atoms with Gasteiger partial charge in [0.25, 0.3) is 0 Å².